The van der Waals surface area contributed by atoms with E-state index in [-0.39, 0.29) is 0 Å². The lowest BCUT2D eigenvalue weighted by atomic mass is 10.1. The van der Waals surface area contributed by atoms with Gasteiger partial charge in [0.05, 0.1) is 23.9 Å². The molecule has 0 unspecified atom stereocenters. The van der Waals surface area contributed by atoms with Crippen LogP contribution in [0, 0.1) is 11.3 Å². The Balaban J connectivity index is 1.60. The number of aromatic nitrogens is 1. The highest BCUT2D eigenvalue weighted by Gasteiger charge is 2.23. The molecule has 0 saturated carbocycles. The normalized spacial score (nSPS) is 14.8. The fourth-order valence-corrected chi connectivity index (χ4v) is 5.45. The van der Waals surface area contributed by atoms with Gasteiger partial charge in [-0.1, -0.05) is 43.0 Å². The molecule has 4 rings (SSSR count). The summed E-state index contributed by atoms with van der Waals surface area (Å²) in [7, 11) is 1.67. The maximum Gasteiger partial charge on any atom is 0.120 e. The summed E-state index contributed by atoms with van der Waals surface area (Å²) in [6.07, 6.45) is 8.10. The van der Waals surface area contributed by atoms with E-state index in [0.717, 1.165) is 59.8 Å². The third-order valence-electron chi connectivity index (χ3n) is 5.97. The zero-order valence-corrected chi connectivity index (χ0v) is 20.8. The van der Waals surface area contributed by atoms with Crippen LogP contribution in [0.15, 0.2) is 78.9 Å². The van der Waals surface area contributed by atoms with Crippen LogP contribution in [0.4, 0.5) is 5.69 Å². The first-order chi connectivity index (χ1) is 16.6. The van der Waals surface area contributed by atoms with E-state index in [1.165, 1.54) is 5.57 Å². The molecule has 2 heterocycles. The molecule has 0 atom stereocenters. The Morgan fingerprint density at radius 3 is 2.65 bits per heavy atom. The molecule has 174 valence electrons. The molecule has 0 N–H and O–H groups in total. The van der Waals surface area contributed by atoms with Crippen LogP contribution in [0.25, 0.3) is 22.2 Å². The predicted octanol–water partition coefficient (Wildman–Crippen LogP) is 6.58. The minimum atomic E-state index is 0.708. The number of rotatable bonds is 8. The molecule has 1 aromatic heterocycles. The van der Waals surface area contributed by atoms with Gasteiger partial charge in [0.2, 0.25) is 0 Å². The summed E-state index contributed by atoms with van der Waals surface area (Å²) in [5, 5.41) is 10.9. The summed E-state index contributed by atoms with van der Waals surface area (Å²) in [5.41, 5.74) is 6.14. The SMILES string of the molecule is C=C/C=C(\C=C/C)CN1CCN(c2ccc(-c3c(C#N)c4ccc(OC)cc4n3CC)cc2)S1. The maximum atomic E-state index is 9.99. The molecular formula is C28H30N4OS. The van der Waals surface area contributed by atoms with E-state index in [9.17, 15) is 5.26 Å². The summed E-state index contributed by atoms with van der Waals surface area (Å²) in [6.45, 7) is 11.6. The molecule has 0 bridgehead atoms. The first kappa shape index (κ1) is 23.7. The van der Waals surface area contributed by atoms with Gasteiger partial charge in [-0.25, -0.2) is 4.31 Å². The molecule has 0 amide bonds. The number of ether oxygens (including phenoxy) is 1. The second-order valence-electron chi connectivity index (χ2n) is 8.03. The van der Waals surface area contributed by atoms with Gasteiger partial charge in [0, 0.05) is 55.5 Å². The summed E-state index contributed by atoms with van der Waals surface area (Å²) in [4.78, 5) is 0. The van der Waals surface area contributed by atoms with Gasteiger partial charge in [-0.2, -0.15) is 5.26 Å². The number of benzene rings is 2. The van der Waals surface area contributed by atoms with Crippen LogP contribution in [0.1, 0.15) is 19.4 Å². The Bertz CT molecular complexity index is 1280. The largest absolute Gasteiger partial charge is 0.497 e. The third kappa shape index (κ3) is 4.63. The van der Waals surface area contributed by atoms with E-state index < -0.39 is 0 Å². The summed E-state index contributed by atoms with van der Waals surface area (Å²) < 4.78 is 12.3. The van der Waals surface area contributed by atoms with Crippen molar-refractivity contribution >= 4 is 28.7 Å². The number of methoxy groups -OCH3 is 1. The van der Waals surface area contributed by atoms with Gasteiger partial charge < -0.3 is 13.6 Å². The Morgan fingerprint density at radius 1 is 1.21 bits per heavy atom. The van der Waals surface area contributed by atoms with Crippen LogP contribution in [-0.2, 0) is 6.54 Å². The molecular weight excluding hydrogens is 440 g/mol. The van der Waals surface area contributed by atoms with Crippen molar-refractivity contribution in [1.29, 1.82) is 5.26 Å². The van der Waals surface area contributed by atoms with E-state index in [1.807, 2.05) is 31.2 Å². The van der Waals surface area contributed by atoms with Gasteiger partial charge in [-0.3, -0.25) is 0 Å². The number of aryl methyl sites for hydroxylation is 1. The molecule has 0 radical (unpaired) electrons. The molecule has 1 aliphatic rings. The number of anilines is 1. The average Bonchev–Trinajstić information content (AvgIpc) is 3.45. The summed E-state index contributed by atoms with van der Waals surface area (Å²) >= 11 is 1.75. The van der Waals surface area contributed by atoms with E-state index in [2.05, 4.69) is 75.2 Å². The van der Waals surface area contributed by atoms with E-state index in [1.54, 1.807) is 19.2 Å². The van der Waals surface area contributed by atoms with E-state index >= 15 is 0 Å². The van der Waals surface area contributed by atoms with Crippen molar-refractivity contribution in [3.63, 3.8) is 0 Å². The zero-order valence-electron chi connectivity index (χ0n) is 20.0. The van der Waals surface area contributed by atoms with E-state index in [4.69, 9.17) is 4.74 Å². The van der Waals surface area contributed by atoms with Crippen molar-refractivity contribution < 1.29 is 4.74 Å². The quantitative estimate of drug-likeness (QED) is 0.275. The Hall–Kier alpha value is -3.40. The second kappa shape index (κ2) is 10.7. The predicted molar refractivity (Wildman–Crippen MR) is 144 cm³/mol. The monoisotopic (exact) mass is 470 g/mol. The molecule has 3 aromatic rings. The maximum absolute atomic E-state index is 9.99. The molecule has 6 heteroatoms. The summed E-state index contributed by atoms with van der Waals surface area (Å²) in [6, 6.07) is 16.9. The smallest absolute Gasteiger partial charge is 0.120 e. The number of hydrogen-bond donors (Lipinski definition) is 0. The molecule has 1 aliphatic heterocycles. The standard InChI is InChI=1S/C28H30N4OS/c1-5-8-21(9-6-2)20-30-16-17-32(34-30)23-12-10-22(11-13-23)28-26(19-29)25-15-14-24(33-4)18-27(25)31(28)7-3/h5-6,8-15,18H,1,7,16-17,20H2,2-4H3/b9-6-,21-8+. The number of nitrogens with zero attached hydrogens (tertiary/aromatic N) is 4. The van der Waals surface area contributed by atoms with Crippen molar-refractivity contribution in [1.82, 2.24) is 8.87 Å². The molecule has 0 spiro atoms. The lowest BCUT2D eigenvalue weighted by Gasteiger charge is -2.19. The highest BCUT2D eigenvalue weighted by Crippen LogP contribution is 2.37. The lowest BCUT2D eigenvalue weighted by molar-refractivity contribution is 0.415. The van der Waals surface area contributed by atoms with Gasteiger partial charge in [0.15, 0.2) is 0 Å². The highest BCUT2D eigenvalue weighted by atomic mass is 32.2. The first-order valence-corrected chi connectivity index (χ1v) is 12.2. The van der Waals surface area contributed by atoms with Crippen LogP contribution in [0.5, 0.6) is 5.75 Å². The van der Waals surface area contributed by atoms with Gasteiger partial charge in [-0.15, -0.1) is 0 Å². The first-order valence-electron chi connectivity index (χ1n) is 11.5. The van der Waals surface area contributed by atoms with Crippen LogP contribution in [-0.4, -0.2) is 35.6 Å². The molecule has 1 fully saturated rings. The summed E-state index contributed by atoms with van der Waals surface area (Å²) in [5.74, 6) is 0.794. The zero-order chi connectivity index (χ0) is 24.1. The molecule has 1 saturated heterocycles. The Kier molecular flexibility index (Phi) is 7.46. The van der Waals surface area contributed by atoms with Crippen molar-refractivity contribution in [2.45, 2.75) is 20.4 Å². The van der Waals surface area contributed by atoms with Gasteiger partial charge >= 0.3 is 0 Å². The Labute approximate surface area is 206 Å². The number of allylic oxidation sites excluding steroid dienone is 3. The fourth-order valence-electron chi connectivity index (χ4n) is 4.42. The minimum absolute atomic E-state index is 0.708. The number of fused-ring (bicyclic) bond motifs is 1. The van der Waals surface area contributed by atoms with Crippen LogP contribution < -0.4 is 9.04 Å². The average molecular weight is 471 g/mol. The number of hydrogen-bond acceptors (Lipinski definition) is 5. The number of nitriles is 1. The molecule has 5 nitrogen and oxygen atoms in total. The Morgan fingerprint density at radius 2 is 2.00 bits per heavy atom. The molecule has 0 aliphatic carbocycles. The van der Waals surface area contributed by atoms with E-state index in [0.29, 0.717) is 5.56 Å². The van der Waals surface area contributed by atoms with Crippen molar-refractivity contribution in [3.05, 3.63) is 84.5 Å². The van der Waals surface area contributed by atoms with Crippen LogP contribution in [0.3, 0.4) is 0 Å². The minimum Gasteiger partial charge on any atom is -0.497 e. The van der Waals surface area contributed by atoms with Crippen molar-refractivity contribution in [2.24, 2.45) is 0 Å². The van der Waals surface area contributed by atoms with Crippen molar-refractivity contribution in [3.8, 4) is 23.1 Å². The highest BCUT2D eigenvalue weighted by molar-refractivity contribution is 7.98. The van der Waals surface area contributed by atoms with Gasteiger partial charge in [0.25, 0.3) is 0 Å². The third-order valence-corrected chi connectivity index (χ3v) is 7.10. The van der Waals surface area contributed by atoms with Crippen LogP contribution >= 0.6 is 12.1 Å². The fraction of sp³-hybridized carbons (Fsp3) is 0.250. The topological polar surface area (TPSA) is 44.4 Å². The van der Waals surface area contributed by atoms with Crippen molar-refractivity contribution in [2.75, 3.05) is 31.0 Å². The molecule has 34 heavy (non-hydrogen) atoms. The molecule has 2 aromatic carbocycles. The lowest BCUT2D eigenvalue weighted by Crippen LogP contribution is -2.15. The van der Waals surface area contributed by atoms with Gasteiger partial charge in [-0.05, 0) is 49.2 Å². The van der Waals surface area contributed by atoms with Crippen LogP contribution in [0.2, 0.25) is 0 Å². The van der Waals surface area contributed by atoms with Gasteiger partial charge in [0.1, 0.15) is 11.8 Å². The second-order valence-corrected chi connectivity index (χ2v) is 9.15.